The summed E-state index contributed by atoms with van der Waals surface area (Å²) < 4.78 is 11.1. The van der Waals surface area contributed by atoms with E-state index in [9.17, 15) is 30.3 Å². The number of hydrogen-bond acceptors (Lipinski definition) is 8. The van der Waals surface area contributed by atoms with E-state index < -0.39 is 49.5 Å². The van der Waals surface area contributed by atoms with Gasteiger partial charge in [0.05, 0.1) is 25.4 Å². The molecule has 7 unspecified atom stereocenters. The molecule has 54 heavy (non-hydrogen) atoms. The highest BCUT2D eigenvalue weighted by molar-refractivity contribution is 5.76. The van der Waals surface area contributed by atoms with E-state index in [2.05, 4.69) is 116 Å². The Labute approximate surface area is 325 Å². The van der Waals surface area contributed by atoms with Crippen LogP contribution in [0.25, 0.3) is 0 Å². The fourth-order valence-corrected chi connectivity index (χ4v) is 5.37. The third kappa shape index (κ3) is 25.0. The van der Waals surface area contributed by atoms with Crippen molar-refractivity contribution in [3.8, 4) is 0 Å². The van der Waals surface area contributed by atoms with E-state index in [-0.39, 0.29) is 18.9 Å². The van der Waals surface area contributed by atoms with Crippen LogP contribution in [0.2, 0.25) is 0 Å². The number of nitrogens with one attached hydrogen (secondary N) is 1. The Morgan fingerprint density at radius 1 is 0.630 bits per heavy atom. The smallest absolute Gasteiger partial charge is 0.220 e. The van der Waals surface area contributed by atoms with Gasteiger partial charge >= 0.3 is 0 Å². The number of rotatable bonds is 30. The number of unbranched alkanes of at least 4 members (excludes halogenated alkanes) is 4. The van der Waals surface area contributed by atoms with Gasteiger partial charge in [-0.3, -0.25) is 4.79 Å². The van der Waals surface area contributed by atoms with E-state index in [0.717, 1.165) is 77.0 Å². The van der Waals surface area contributed by atoms with Gasteiger partial charge in [0.15, 0.2) is 6.29 Å². The van der Waals surface area contributed by atoms with Crippen LogP contribution in [0.5, 0.6) is 0 Å². The molecular weight excluding hydrogens is 682 g/mol. The third-order valence-corrected chi connectivity index (χ3v) is 8.57. The fraction of sp³-hybridized carbons (Fsp3) is 0.578. The Hall–Kier alpha value is -3.15. The zero-order valence-corrected chi connectivity index (χ0v) is 32.9. The maximum atomic E-state index is 12.9. The normalized spacial score (nSPS) is 22.7. The monoisotopic (exact) mass is 754 g/mol. The van der Waals surface area contributed by atoms with Crippen molar-refractivity contribution in [2.45, 2.75) is 153 Å². The lowest BCUT2D eigenvalue weighted by Gasteiger charge is -2.40. The quantitative estimate of drug-likeness (QED) is 0.0326. The summed E-state index contributed by atoms with van der Waals surface area (Å²) in [5.41, 5.74) is 0. The standard InChI is InChI=1S/C45H71NO8/c1-3-5-7-9-11-13-15-16-17-18-19-20-21-22-23-24-25-27-29-31-33-35-41(49)46-38(37-53-45-44(52)43(51)42(50)40(36-47)54-45)39(48)34-32-30-28-26-14-12-10-8-6-4-2/h5-8,11,13-14,16-17,19-20,22-23,25-27,32,34,38-40,42-45,47-48,50-52H,3-4,9-10,12,15,18,21,24,28-31,33,35-37H2,1-2H3,(H,46,49)/b7-5-,8-6+,13-11-,17-16-,20-19-,23-22-,26-14+,27-25-,34-32+. The molecule has 9 heteroatoms. The van der Waals surface area contributed by atoms with Crippen molar-refractivity contribution in [2.24, 2.45) is 0 Å². The van der Waals surface area contributed by atoms with E-state index in [1.807, 2.05) is 6.08 Å². The molecule has 0 saturated carbocycles. The van der Waals surface area contributed by atoms with Gasteiger partial charge in [0.1, 0.15) is 24.4 Å². The molecule has 304 valence electrons. The van der Waals surface area contributed by atoms with Gasteiger partial charge in [0, 0.05) is 6.42 Å². The van der Waals surface area contributed by atoms with Gasteiger partial charge in [-0.25, -0.2) is 0 Å². The molecular formula is C45H71NO8. The van der Waals surface area contributed by atoms with Gasteiger partial charge in [-0.15, -0.1) is 0 Å². The molecule has 1 fully saturated rings. The largest absolute Gasteiger partial charge is 0.394 e. The van der Waals surface area contributed by atoms with E-state index in [4.69, 9.17) is 9.47 Å². The molecule has 1 rings (SSSR count). The van der Waals surface area contributed by atoms with Gasteiger partial charge in [0.2, 0.25) is 5.91 Å². The number of aliphatic hydroxyl groups excluding tert-OH is 5. The summed E-state index contributed by atoms with van der Waals surface area (Å²) in [5.74, 6) is -0.243. The summed E-state index contributed by atoms with van der Waals surface area (Å²) in [7, 11) is 0. The lowest BCUT2D eigenvalue weighted by Crippen LogP contribution is -2.60. The molecule has 0 aromatic carbocycles. The van der Waals surface area contributed by atoms with Crippen molar-refractivity contribution in [2.75, 3.05) is 13.2 Å². The van der Waals surface area contributed by atoms with Crippen LogP contribution in [-0.4, -0.2) is 87.5 Å². The highest BCUT2D eigenvalue weighted by atomic mass is 16.7. The summed E-state index contributed by atoms with van der Waals surface area (Å²) in [5, 5.41) is 53.8. The number of ether oxygens (including phenoxy) is 2. The topological polar surface area (TPSA) is 149 Å². The third-order valence-electron chi connectivity index (χ3n) is 8.57. The van der Waals surface area contributed by atoms with Gasteiger partial charge < -0.3 is 40.3 Å². The molecule has 1 aliphatic rings. The second kappa shape index (κ2) is 34.3. The van der Waals surface area contributed by atoms with E-state index in [0.29, 0.717) is 12.8 Å². The zero-order chi connectivity index (χ0) is 39.5. The second-order valence-electron chi connectivity index (χ2n) is 13.3. The average molecular weight is 754 g/mol. The first kappa shape index (κ1) is 48.9. The van der Waals surface area contributed by atoms with E-state index in [1.165, 1.54) is 0 Å². The molecule has 1 aliphatic heterocycles. The molecule has 1 heterocycles. The Balaban J connectivity index is 2.45. The fourth-order valence-electron chi connectivity index (χ4n) is 5.37. The highest BCUT2D eigenvalue weighted by Crippen LogP contribution is 2.22. The number of hydrogen-bond donors (Lipinski definition) is 6. The Bertz CT molecular complexity index is 1200. The molecule has 9 nitrogen and oxygen atoms in total. The molecule has 1 saturated heterocycles. The summed E-state index contributed by atoms with van der Waals surface area (Å²) in [6.07, 6.45) is 42.9. The maximum Gasteiger partial charge on any atom is 0.220 e. The van der Waals surface area contributed by atoms with Crippen molar-refractivity contribution >= 4 is 5.91 Å². The number of carbonyl (C=O) groups is 1. The number of aliphatic hydroxyl groups is 5. The Morgan fingerprint density at radius 2 is 1.09 bits per heavy atom. The average Bonchev–Trinajstić information content (AvgIpc) is 3.17. The molecule has 0 radical (unpaired) electrons. The van der Waals surface area contributed by atoms with Gasteiger partial charge in [0.25, 0.3) is 0 Å². The lowest BCUT2D eigenvalue weighted by molar-refractivity contribution is -0.302. The van der Waals surface area contributed by atoms with Crippen molar-refractivity contribution in [3.63, 3.8) is 0 Å². The first-order chi connectivity index (χ1) is 26.3. The van der Waals surface area contributed by atoms with Crippen LogP contribution in [0.15, 0.2) is 109 Å². The molecule has 0 aromatic rings. The van der Waals surface area contributed by atoms with Crippen LogP contribution >= 0.6 is 0 Å². The van der Waals surface area contributed by atoms with Crippen LogP contribution in [0.1, 0.15) is 110 Å². The first-order valence-corrected chi connectivity index (χ1v) is 20.1. The summed E-state index contributed by atoms with van der Waals surface area (Å²) in [6, 6.07) is -0.856. The van der Waals surface area contributed by atoms with Crippen LogP contribution in [0, 0.1) is 0 Å². The number of carbonyl (C=O) groups excluding carboxylic acids is 1. The predicted molar refractivity (Wildman–Crippen MR) is 221 cm³/mol. The van der Waals surface area contributed by atoms with Crippen LogP contribution < -0.4 is 5.32 Å². The Morgan fingerprint density at radius 3 is 1.63 bits per heavy atom. The predicted octanol–water partition coefficient (Wildman–Crippen LogP) is 7.55. The van der Waals surface area contributed by atoms with Gasteiger partial charge in [-0.05, 0) is 89.9 Å². The van der Waals surface area contributed by atoms with Crippen molar-refractivity contribution in [3.05, 3.63) is 109 Å². The molecule has 1 amide bonds. The molecule has 0 aliphatic carbocycles. The van der Waals surface area contributed by atoms with E-state index in [1.54, 1.807) is 6.08 Å². The summed E-state index contributed by atoms with van der Waals surface area (Å²) >= 11 is 0. The maximum absolute atomic E-state index is 12.9. The molecule has 0 aromatic heterocycles. The molecule has 7 atom stereocenters. The highest BCUT2D eigenvalue weighted by Gasteiger charge is 2.44. The number of amides is 1. The minimum atomic E-state index is -1.59. The molecule has 0 spiro atoms. The first-order valence-electron chi connectivity index (χ1n) is 20.1. The SMILES string of the molecule is CC/C=C\C/C=C\C/C=C\C/C=C\C/C=C\C/C=C\CCCCC(=O)NC(COC1OC(CO)C(O)C(O)C1O)C(O)/C=C/CC/C=C/CC/C=C/CC. The van der Waals surface area contributed by atoms with Gasteiger partial charge in [-0.2, -0.15) is 0 Å². The lowest BCUT2D eigenvalue weighted by atomic mass is 9.99. The van der Waals surface area contributed by atoms with Crippen LogP contribution in [0.4, 0.5) is 0 Å². The zero-order valence-electron chi connectivity index (χ0n) is 32.9. The van der Waals surface area contributed by atoms with E-state index >= 15 is 0 Å². The van der Waals surface area contributed by atoms with Crippen molar-refractivity contribution < 1.29 is 39.8 Å². The summed E-state index contributed by atoms with van der Waals surface area (Å²) in [6.45, 7) is 3.44. The molecule has 0 bridgehead atoms. The van der Waals surface area contributed by atoms with Crippen LogP contribution in [-0.2, 0) is 14.3 Å². The Kier molecular flexibility index (Phi) is 31.1. The molecule has 6 N–H and O–H groups in total. The number of allylic oxidation sites excluding steroid dienone is 17. The minimum absolute atomic E-state index is 0.232. The van der Waals surface area contributed by atoms with Gasteiger partial charge in [-0.1, -0.05) is 123 Å². The second-order valence-corrected chi connectivity index (χ2v) is 13.3. The van der Waals surface area contributed by atoms with Crippen molar-refractivity contribution in [1.82, 2.24) is 5.32 Å². The minimum Gasteiger partial charge on any atom is -0.394 e. The van der Waals surface area contributed by atoms with Crippen molar-refractivity contribution in [1.29, 1.82) is 0 Å². The summed E-state index contributed by atoms with van der Waals surface area (Å²) in [4.78, 5) is 12.9. The van der Waals surface area contributed by atoms with Crippen LogP contribution in [0.3, 0.4) is 0 Å².